The van der Waals surface area contributed by atoms with E-state index >= 15 is 0 Å². The van der Waals surface area contributed by atoms with Crippen molar-refractivity contribution in [1.82, 2.24) is 9.80 Å². The Morgan fingerprint density at radius 2 is 1.46 bits per heavy atom. The Hall–Kier alpha value is -3.10. The maximum Gasteiger partial charge on any atom is 0.338 e. The zero-order chi connectivity index (χ0) is 41.5. The van der Waals surface area contributed by atoms with Crippen molar-refractivity contribution >= 4 is 46.9 Å². The first-order valence-corrected chi connectivity index (χ1v) is 19.9. The van der Waals surface area contributed by atoms with Crippen LogP contribution < -0.4 is 0 Å². The van der Waals surface area contributed by atoms with Gasteiger partial charge in [0.15, 0.2) is 18.2 Å². The molecule has 0 N–H and O–H groups in total. The smallest absolute Gasteiger partial charge is 0.338 e. The zero-order valence-corrected chi connectivity index (χ0v) is 35.7. The van der Waals surface area contributed by atoms with Gasteiger partial charge in [0.05, 0.1) is 35.0 Å². The minimum absolute atomic E-state index is 0.0612. The number of likely N-dealkylation sites (N-methyl/N-ethyl adjacent to an activating group) is 2. The number of benzene rings is 2. The average molecular weight is 822 g/mol. The SMILES string of the molecule is CO[C@]1(C)C[C@@H](C)[C@H](OC(=O)c2cccc(Cl)c2)[C@H](C)CN(C)CCOC(=O)[C@H](C)C(=O)[C@H](C)[C@H]1O[C@@H]1O[C@H](C)C[C@H](N(C)C)[C@H]1OC(=O)c1cccc(Cl)c1. The molecule has 0 bridgehead atoms. The second kappa shape index (κ2) is 20.0. The van der Waals surface area contributed by atoms with Gasteiger partial charge in [-0.3, -0.25) is 9.59 Å². The van der Waals surface area contributed by atoms with Gasteiger partial charge in [0.1, 0.15) is 18.6 Å². The number of nitrogens with zero attached hydrogens (tertiary/aromatic N) is 2. The monoisotopic (exact) mass is 820 g/mol. The molecule has 0 aliphatic carbocycles. The number of hydrogen-bond donors (Lipinski definition) is 0. The number of ether oxygens (including phenoxy) is 6. The number of Topliss-reactive ketones (excluding diaryl/α,β-unsaturated/α-hetero) is 1. The molecule has 2 aromatic rings. The van der Waals surface area contributed by atoms with Gasteiger partial charge in [-0.1, -0.05) is 56.1 Å². The van der Waals surface area contributed by atoms with Crippen molar-refractivity contribution < 1.29 is 47.6 Å². The van der Waals surface area contributed by atoms with Crippen molar-refractivity contribution in [3.8, 4) is 0 Å². The molecular formula is C42H58Cl2N2O10. The van der Waals surface area contributed by atoms with Crippen molar-refractivity contribution in [3.05, 3.63) is 69.7 Å². The third-order valence-corrected chi connectivity index (χ3v) is 11.5. The first-order chi connectivity index (χ1) is 26.3. The summed E-state index contributed by atoms with van der Waals surface area (Å²) in [7, 11) is 7.19. The molecule has 0 saturated carbocycles. The summed E-state index contributed by atoms with van der Waals surface area (Å²) in [6.45, 7) is 11.9. The Kier molecular flexibility index (Phi) is 16.3. The summed E-state index contributed by atoms with van der Waals surface area (Å²) in [4.78, 5) is 58.8. The number of rotatable bonds is 8. The minimum atomic E-state index is -1.25. The fourth-order valence-corrected chi connectivity index (χ4v) is 8.33. The number of methoxy groups -OCH3 is 1. The number of cyclic esters (lactones) is 1. The zero-order valence-electron chi connectivity index (χ0n) is 34.2. The molecule has 2 fully saturated rings. The van der Waals surface area contributed by atoms with E-state index in [1.54, 1.807) is 49.4 Å². The van der Waals surface area contributed by atoms with Crippen LogP contribution in [0, 0.1) is 23.7 Å². The highest BCUT2D eigenvalue weighted by Gasteiger charge is 2.51. The summed E-state index contributed by atoms with van der Waals surface area (Å²) in [5.41, 5.74) is -0.677. The van der Waals surface area contributed by atoms with Crippen LogP contribution in [0.2, 0.25) is 10.0 Å². The van der Waals surface area contributed by atoms with Gasteiger partial charge >= 0.3 is 17.9 Å². The lowest BCUT2D eigenvalue weighted by atomic mass is 9.76. The predicted molar refractivity (Wildman–Crippen MR) is 213 cm³/mol. The molecule has 2 saturated heterocycles. The van der Waals surface area contributed by atoms with Crippen molar-refractivity contribution in [2.75, 3.05) is 47.9 Å². The van der Waals surface area contributed by atoms with Crippen molar-refractivity contribution in [2.24, 2.45) is 23.7 Å². The Morgan fingerprint density at radius 1 is 0.893 bits per heavy atom. The van der Waals surface area contributed by atoms with Gasteiger partial charge in [0, 0.05) is 42.1 Å². The molecule has 0 radical (unpaired) electrons. The first-order valence-electron chi connectivity index (χ1n) is 19.2. The molecule has 2 aromatic carbocycles. The molecule has 2 aliphatic heterocycles. The molecule has 0 spiro atoms. The summed E-state index contributed by atoms with van der Waals surface area (Å²) in [6.07, 6.45) is -3.35. The Morgan fingerprint density at radius 3 is 2.00 bits per heavy atom. The Labute approximate surface area is 341 Å². The summed E-state index contributed by atoms with van der Waals surface area (Å²) in [5.74, 6) is -4.83. The molecule has 4 rings (SSSR count). The van der Waals surface area contributed by atoms with Gasteiger partial charge in [-0.2, -0.15) is 0 Å². The lowest BCUT2D eigenvalue weighted by molar-refractivity contribution is -0.295. The summed E-state index contributed by atoms with van der Waals surface area (Å²) in [6, 6.07) is 12.7. The topological polar surface area (TPSA) is 130 Å². The maximum atomic E-state index is 14.3. The largest absolute Gasteiger partial charge is 0.464 e. The summed E-state index contributed by atoms with van der Waals surface area (Å²) >= 11 is 12.4. The molecule has 310 valence electrons. The van der Waals surface area contributed by atoms with E-state index in [1.165, 1.54) is 20.1 Å². The third-order valence-electron chi connectivity index (χ3n) is 11.1. The highest BCUT2D eigenvalue weighted by Crippen LogP contribution is 2.39. The highest BCUT2D eigenvalue weighted by atomic mass is 35.5. The normalized spacial score (nSPS) is 32.9. The Bertz CT molecular complexity index is 1680. The van der Waals surface area contributed by atoms with E-state index in [9.17, 15) is 19.2 Å². The van der Waals surface area contributed by atoms with E-state index in [4.69, 9.17) is 51.6 Å². The minimum Gasteiger partial charge on any atom is -0.464 e. The van der Waals surface area contributed by atoms with Crippen LogP contribution in [-0.2, 0) is 38.0 Å². The van der Waals surface area contributed by atoms with E-state index in [1.807, 2.05) is 58.6 Å². The van der Waals surface area contributed by atoms with Crippen molar-refractivity contribution in [1.29, 1.82) is 0 Å². The fraction of sp³-hybridized carbons (Fsp3) is 0.619. The van der Waals surface area contributed by atoms with Gasteiger partial charge in [-0.25, -0.2) is 9.59 Å². The van der Waals surface area contributed by atoms with E-state index in [2.05, 4.69) is 0 Å². The van der Waals surface area contributed by atoms with Crippen LogP contribution in [0.5, 0.6) is 0 Å². The molecule has 56 heavy (non-hydrogen) atoms. The predicted octanol–water partition coefficient (Wildman–Crippen LogP) is 6.59. The standard InChI is InChI=1S/C42H58Cl2N2O10/c1-24-22-42(6,51-10)37(56-41-36(33(45(7)8)19-26(3)53-41)55-40(50)30-14-12-16-32(44)21-30)27(4)34(47)28(5)38(48)52-18-17-46(9)23-25(2)35(24)54-39(49)29-13-11-15-31(43)20-29/h11-16,20-21,24-28,33,35-37,41H,17-19,22-23H2,1-10H3/t24-,25-,26-,27+,28-,33+,35+,36-,37-,41+,42-/m1/s1. The van der Waals surface area contributed by atoms with Crippen molar-refractivity contribution in [3.63, 3.8) is 0 Å². The molecule has 0 amide bonds. The lowest BCUT2D eigenvalue weighted by Gasteiger charge is -2.48. The van der Waals surface area contributed by atoms with E-state index in [0.29, 0.717) is 35.1 Å². The van der Waals surface area contributed by atoms with E-state index < -0.39 is 65.7 Å². The Balaban J connectivity index is 1.78. The second-order valence-electron chi connectivity index (χ2n) is 15.9. The average Bonchev–Trinajstić information content (AvgIpc) is 3.14. The van der Waals surface area contributed by atoms with Gasteiger partial charge in [-0.05, 0) is 97.1 Å². The second-order valence-corrected chi connectivity index (χ2v) is 16.8. The van der Waals surface area contributed by atoms with Crippen LogP contribution in [-0.4, -0.2) is 124 Å². The number of carbonyl (C=O) groups excluding carboxylic acids is 4. The van der Waals surface area contributed by atoms with Crippen LogP contribution in [0.4, 0.5) is 0 Å². The van der Waals surface area contributed by atoms with E-state index in [0.717, 1.165) is 0 Å². The molecule has 14 heteroatoms. The van der Waals surface area contributed by atoms with Gasteiger partial charge < -0.3 is 38.2 Å². The van der Waals surface area contributed by atoms with Gasteiger partial charge in [-0.15, -0.1) is 0 Å². The maximum absolute atomic E-state index is 14.3. The first kappa shape index (κ1) is 45.6. The van der Waals surface area contributed by atoms with Gasteiger partial charge in [0.25, 0.3) is 0 Å². The molecule has 11 atom stereocenters. The number of halogens is 2. The van der Waals surface area contributed by atoms with Gasteiger partial charge in [0.2, 0.25) is 0 Å². The highest BCUT2D eigenvalue weighted by molar-refractivity contribution is 6.31. The molecular weight excluding hydrogens is 763 g/mol. The quantitative estimate of drug-likeness (QED) is 0.162. The number of esters is 3. The van der Waals surface area contributed by atoms with Crippen LogP contribution in [0.1, 0.15) is 75.1 Å². The molecule has 0 aromatic heterocycles. The fourth-order valence-electron chi connectivity index (χ4n) is 7.95. The molecule has 12 nitrogen and oxygen atoms in total. The molecule has 2 heterocycles. The lowest BCUT2D eigenvalue weighted by Crippen LogP contribution is -2.60. The summed E-state index contributed by atoms with van der Waals surface area (Å²) < 4.78 is 37.8. The van der Waals surface area contributed by atoms with Crippen LogP contribution >= 0.6 is 23.2 Å². The van der Waals surface area contributed by atoms with Crippen LogP contribution in [0.25, 0.3) is 0 Å². The van der Waals surface area contributed by atoms with E-state index in [-0.39, 0.29) is 42.6 Å². The van der Waals surface area contributed by atoms with Crippen LogP contribution in [0.15, 0.2) is 48.5 Å². The number of hydrogen-bond acceptors (Lipinski definition) is 12. The summed E-state index contributed by atoms with van der Waals surface area (Å²) in [5, 5.41) is 0.784. The van der Waals surface area contributed by atoms with Crippen LogP contribution in [0.3, 0.4) is 0 Å². The third kappa shape index (κ3) is 11.5. The molecule has 2 aliphatic rings. The van der Waals surface area contributed by atoms with Crippen molar-refractivity contribution in [2.45, 2.75) is 96.7 Å². The molecule has 0 unspecified atom stereocenters. The number of ketones is 1. The number of carbonyl (C=O) groups is 4.